The topological polar surface area (TPSA) is 70.2 Å². The van der Waals surface area contributed by atoms with Crippen molar-refractivity contribution < 1.29 is 13.5 Å². The van der Waals surface area contributed by atoms with E-state index in [1.807, 2.05) is 0 Å². The van der Waals surface area contributed by atoms with Gasteiger partial charge in [0.05, 0.1) is 17.9 Å². The number of fused-ring (bicyclic) bond motifs is 1. The third kappa shape index (κ3) is 2.71. The minimum atomic E-state index is -0.505. The Balaban J connectivity index is 1.62. The molecule has 0 aliphatic carbocycles. The second-order valence-electron chi connectivity index (χ2n) is 5.86. The second kappa shape index (κ2) is 6.16. The van der Waals surface area contributed by atoms with Crippen molar-refractivity contribution in [1.82, 2.24) is 14.5 Å². The molecular formula is C17H16FN3O3. The predicted octanol–water partition coefficient (Wildman–Crippen LogP) is 2.47. The van der Waals surface area contributed by atoms with Gasteiger partial charge in [-0.15, -0.1) is 0 Å². The lowest BCUT2D eigenvalue weighted by Crippen LogP contribution is -2.21. The zero-order valence-corrected chi connectivity index (χ0v) is 12.9. The Hall–Kier alpha value is -2.54. The van der Waals surface area contributed by atoms with Gasteiger partial charge in [-0.05, 0) is 25.0 Å². The van der Waals surface area contributed by atoms with E-state index in [4.69, 9.17) is 9.15 Å². The smallest absolute Gasteiger partial charge is 0.261 e. The molecule has 3 heterocycles. The van der Waals surface area contributed by atoms with Crippen LogP contribution in [0.3, 0.4) is 0 Å². The number of ether oxygens (including phenoxy) is 1. The summed E-state index contributed by atoms with van der Waals surface area (Å²) in [4.78, 5) is 20.8. The summed E-state index contributed by atoms with van der Waals surface area (Å²) in [7, 11) is 0. The SMILES string of the molecule is O=c1c2cccc(F)c2ncn1Cc1ncc(C2CCOCC2)o1. The normalized spacial score (nSPS) is 15.9. The van der Waals surface area contributed by atoms with Gasteiger partial charge in [-0.25, -0.2) is 14.4 Å². The molecule has 7 heteroatoms. The molecule has 3 aromatic rings. The third-order valence-corrected chi connectivity index (χ3v) is 4.30. The van der Waals surface area contributed by atoms with Crippen molar-refractivity contribution in [3.05, 3.63) is 58.5 Å². The molecule has 0 atom stereocenters. The molecule has 0 radical (unpaired) electrons. The van der Waals surface area contributed by atoms with Crippen LogP contribution in [0.5, 0.6) is 0 Å². The van der Waals surface area contributed by atoms with Crippen LogP contribution >= 0.6 is 0 Å². The van der Waals surface area contributed by atoms with E-state index in [1.165, 1.54) is 23.0 Å². The van der Waals surface area contributed by atoms with E-state index in [-0.39, 0.29) is 23.0 Å². The van der Waals surface area contributed by atoms with Gasteiger partial charge in [-0.3, -0.25) is 9.36 Å². The van der Waals surface area contributed by atoms with Crippen LogP contribution < -0.4 is 5.56 Å². The quantitative estimate of drug-likeness (QED) is 0.738. The van der Waals surface area contributed by atoms with Crippen LogP contribution in [0.15, 0.2) is 39.9 Å². The summed E-state index contributed by atoms with van der Waals surface area (Å²) >= 11 is 0. The number of benzene rings is 1. The maximum atomic E-state index is 13.7. The Labute approximate surface area is 136 Å². The van der Waals surface area contributed by atoms with Gasteiger partial charge >= 0.3 is 0 Å². The van der Waals surface area contributed by atoms with Crippen molar-refractivity contribution in [3.8, 4) is 0 Å². The average molecular weight is 329 g/mol. The predicted molar refractivity (Wildman–Crippen MR) is 84.4 cm³/mol. The van der Waals surface area contributed by atoms with Crippen LogP contribution in [-0.2, 0) is 11.3 Å². The van der Waals surface area contributed by atoms with E-state index >= 15 is 0 Å². The monoisotopic (exact) mass is 329 g/mol. The molecule has 4 rings (SSSR count). The third-order valence-electron chi connectivity index (χ3n) is 4.30. The molecule has 124 valence electrons. The number of oxazole rings is 1. The largest absolute Gasteiger partial charge is 0.443 e. The number of rotatable bonds is 3. The molecule has 1 aliphatic rings. The molecule has 1 aromatic carbocycles. The summed E-state index contributed by atoms with van der Waals surface area (Å²) in [6.07, 6.45) is 4.85. The first-order valence-corrected chi connectivity index (χ1v) is 7.88. The Morgan fingerprint density at radius 2 is 2.08 bits per heavy atom. The van der Waals surface area contributed by atoms with Crippen LogP contribution in [0.2, 0.25) is 0 Å². The highest BCUT2D eigenvalue weighted by molar-refractivity contribution is 5.77. The van der Waals surface area contributed by atoms with Crippen molar-refractivity contribution in [2.45, 2.75) is 25.3 Å². The number of hydrogen-bond acceptors (Lipinski definition) is 5. The Morgan fingerprint density at radius 1 is 1.25 bits per heavy atom. The van der Waals surface area contributed by atoms with Crippen molar-refractivity contribution in [2.75, 3.05) is 13.2 Å². The molecule has 0 N–H and O–H groups in total. The van der Waals surface area contributed by atoms with Crippen molar-refractivity contribution >= 4 is 10.9 Å². The van der Waals surface area contributed by atoms with Crippen LogP contribution in [0.25, 0.3) is 10.9 Å². The van der Waals surface area contributed by atoms with Crippen LogP contribution in [0.4, 0.5) is 4.39 Å². The summed E-state index contributed by atoms with van der Waals surface area (Å²) in [6, 6.07) is 4.35. The fourth-order valence-corrected chi connectivity index (χ4v) is 2.98. The molecule has 0 bridgehead atoms. The fraction of sp³-hybridized carbons (Fsp3) is 0.353. The number of nitrogens with zero attached hydrogens (tertiary/aromatic N) is 3. The van der Waals surface area contributed by atoms with E-state index in [0.717, 1.165) is 31.8 Å². The summed E-state index contributed by atoms with van der Waals surface area (Å²) in [5.74, 6) is 1.06. The minimum Gasteiger partial charge on any atom is -0.443 e. The van der Waals surface area contributed by atoms with Gasteiger partial charge in [0, 0.05) is 19.1 Å². The first-order chi connectivity index (χ1) is 11.7. The summed E-state index contributed by atoms with van der Waals surface area (Å²) < 4.78 is 26.2. The Kier molecular flexibility index (Phi) is 3.86. The molecule has 1 aliphatic heterocycles. The lowest BCUT2D eigenvalue weighted by molar-refractivity contribution is 0.0803. The highest BCUT2D eigenvalue weighted by Gasteiger charge is 2.20. The maximum Gasteiger partial charge on any atom is 0.261 e. The molecule has 6 nitrogen and oxygen atoms in total. The number of hydrogen-bond donors (Lipinski definition) is 0. The molecule has 0 unspecified atom stereocenters. The lowest BCUT2D eigenvalue weighted by Gasteiger charge is -2.19. The Morgan fingerprint density at radius 3 is 2.92 bits per heavy atom. The molecule has 24 heavy (non-hydrogen) atoms. The van der Waals surface area contributed by atoms with Gasteiger partial charge in [0.2, 0.25) is 5.89 Å². The highest BCUT2D eigenvalue weighted by atomic mass is 19.1. The molecule has 1 fully saturated rings. The van der Waals surface area contributed by atoms with Crippen LogP contribution in [0, 0.1) is 5.82 Å². The van der Waals surface area contributed by atoms with Crippen molar-refractivity contribution in [2.24, 2.45) is 0 Å². The zero-order valence-electron chi connectivity index (χ0n) is 12.9. The maximum absolute atomic E-state index is 13.7. The van der Waals surface area contributed by atoms with Gasteiger partial charge in [0.1, 0.15) is 23.6 Å². The molecule has 1 saturated heterocycles. The standard InChI is InChI=1S/C17H16FN3O3/c18-13-3-1-2-12-16(13)20-10-21(17(12)22)9-15-19-8-14(24-15)11-4-6-23-7-5-11/h1-3,8,10-11H,4-7,9H2. The fourth-order valence-electron chi connectivity index (χ4n) is 2.98. The zero-order chi connectivity index (χ0) is 16.5. The van der Waals surface area contributed by atoms with E-state index < -0.39 is 5.82 Å². The number of para-hydroxylation sites is 1. The first kappa shape index (κ1) is 15.0. The highest BCUT2D eigenvalue weighted by Crippen LogP contribution is 2.27. The van der Waals surface area contributed by atoms with Crippen molar-refractivity contribution in [3.63, 3.8) is 0 Å². The van der Waals surface area contributed by atoms with Gasteiger partial charge < -0.3 is 9.15 Å². The van der Waals surface area contributed by atoms with Crippen LogP contribution in [0.1, 0.15) is 30.4 Å². The van der Waals surface area contributed by atoms with Gasteiger partial charge in [0.15, 0.2) is 0 Å². The lowest BCUT2D eigenvalue weighted by atomic mass is 9.98. The first-order valence-electron chi connectivity index (χ1n) is 7.88. The number of aromatic nitrogens is 3. The minimum absolute atomic E-state index is 0.0778. The van der Waals surface area contributed by atoms with Gasteiger partial charge in [-0.1, -0.05) is 6.07 Å². The van der Waals surface area contributed by atoms with Gasteiger partial charge in [0.25, 0.3) is 5.56 Å². The summed E-state index contributed by atoms with van der Waals surface area (Å²) in [5.41, 5.74) is -0.237. The molecule has 0 spiro atoms. The Bertz CT molecular complexity index is 928. The molecular weight excluding hydrogens is 313 g/mol. The summed E-state index contributed by atoms with van der Waals surface area (Å²) in [6.45, 7) is 1.61. The molecule has 0 saturated carbocycles. The number of halogens is 1. The average Bonchev–Trinajstić information content (AvgIpc) is 3.07. The van der Waals surface area contributed by atoms with E-state index in [9.17, 15) is 9.18 Å². The van der Waals surface area contributed by atoms with Gasteiger partial charge in [-0.2, -0.15) is 0 Å². The van der Waals surface area contributed by atoms with E-state index in [0.29, 0.717) is 11.8 Å². The van der Waals surface area contributed by atoms with E-state index in [2.05, 4.69) is 9.97 Å². The summed E-state index contributed by atoms with van der Waals surface area (Å²) in [5, 5.41) is 0.244. The van der Waals surface area contributed by atoms with E-state index in [1.54, 1.807) is 12.3 Å². The van der Waals surface area contributed by atoms with Crippen molar-refractivity contribution in [1.29, 1.82) is 0 Å². The van der Waals surface area contributed by atoms with Crippen LogP contribution in [-0.4, -0.2) is 27.7 Å². The molecule has 0 amide bonds. The second-order valence-corrected chi connectivity index (χ2v) is 5.86. The molecule has 2 aromatic heterocycles.